The first-order valence-electron chi connectivity index (χ1n) is 9.92. The van der Waals surface area contributed by atoms with Crippen molar-refractivity contribution in [2.75, 3.05) is 19.6 Å². The predicted molar refractivity (Wildman–Crippen MR) is 120 cm³/mol. The summed E-state index contributed by atoms with van der Waals surface area (Å²) in [7, 11) is 0. The van der Waals surface area contributed by atoms with Crippen molar-refractivity contribution >= 4 is 35.1 Å². The van der Waals surface area contributed by atoms with Gasteiger partial charge in [0.25, 0.3) is 0 Å². The maximum Gasteiger partial charge on any atom is 0.410 e. The van der Waals surface area contributed by atoms with E-state index in [-0.39, 0.29) is 39.4 Å². The summed E-state index contributed by atoms with van der Waals surface area (Å²) < 4.78 is 19.6. The van der Waals surface area contributed by atoms with E-state index in [0.717, 1.165) is 0 Å². The molecule has 2 aromatic rings. The van der Waals surface area contributed by atoms with Crippen LogP contribution >= 0.6 is 23.2 Å². The molecule has 6 nitrogen and oxygen atoms in total. The Labute approximate surface area is 191 Å². The van der Waals surface area contributed by atoms with Gasteiger partial charge in [0.1, 0.15) is 22.4 Å². The second-order valence-electron chi connectivity index (χ2n) is 8.45. The van der Waals surface area contributed by atoms with Crippen LogP contribution < -0.4 is 0 Å². The molecular formula is C22H25Cl2FN4O2. The molecule has 3 rings (SSSR count). The third-order valence-electron chi connectivity index (χ3n) is 4.88. The van der Waals surface area contributed by atoms with Crippen LogP contribution in [0.25, 0.3) is 11.3 Å². The van der Waals surface area contributed by atoms with Crippen molar-refractivity contribution in [3.63, 3.8) is 0 Å². The zero-order valence-electron chi connectivity index (χ0n) is 17.9. The molecule has 0 aliphatic carbocycles. The van der Waals surface area contributed by atoms with Crippen molar-refractivity contribution in [3.8, 4) is 11.3 Å². The van der Waals surface area contributed by atoms with Crippen LogP contribution in [0.2, 0.25) is 10.2 Å². The van der Waals surface area contributed by atoms with Crippen LogP contribution in [0.1, 0.15) is 33.3 Å². The number of carbonyl (C=O) groups excluding carboxylic acids is 1. The summed E-state index contributed by atoms with van der Waals surface area (Å²) in [5, 5.41) is 8.93. The molecule has 1 fully saturated rings. The van der Waals surface area contributed by atoms with Gasteiger partial charge in [-0.25, -0.2) is 14.2 Å². The molecule has 1 amide bonds. The van der Waals surface area contributed by atoms with Gasteiger partial charge in [-0.05, 0) is 45.9 Å². The lowest BCUT2D eigenvalue weighted by Gasteiger charge is -2.41. The van der Waals surface area contributed by atoms with Gasteiger partial charge < -0.3 is 14.5 Å². The maximum atomic E-state index is 14.2. The smallest absolute Gasteiger partial charge is 0.410 e. The van der Waals surface area contributed by atoms with Gasteiger partial charge in [0.15, 0.2) is 0 Å². The molecule has 1 aliphatic rings. The Kier molecular flexibility index (Phi) is 6.76. The number of carbonyl (C=O) groups is 1. The van der Waals surface area contributed by atoms with E-state index >= 15 is 0 Å². The fraction of sp³-hybridized carbons (Fsp3) is 0.409. The molecule has 1 N–H and O–H groups in total. The minimum atomic E-state index is -0.569. The molecule has 0 radical (unpaired) electrons. The van der Waals surface area contributed by atoms with Crippen molar-refractivity contribution in [3.05, 3.63) is 51.9 Å². The number of hydrogen-bond acceptors (Lipinski definition) is 4. The lowest BCUT2D eigenvalue weighted by Crippen LogP contribution is -2.56. The minimum absolute atomic E-state index is 0.0643. The van der Waals surface area contributed by atoms with Gasteiger partial charge >= 0.3 is 6.09 Å². The number of amides is 1. The maximum absolute atomic E-state index is 14.2. The fourth-order valence-electron chi connectivity index (χ4n) is 3.41. The van der Waals surface area contributed by atoms with Crippen molar-refractivity contribution in [1.82, 2.24) is 14.8 Å². The number of benzene rings is 1. The first-order valence-corrected chi connectivity index (χ1v) is 10.7. The summed E-state index contributed by atoms with van der Waals surface area (Å²) in [5.41, 5.74) is 0.250. The number of amidine groups is 1. The largest absolute Gasteiger partial charge is 0.444 e. The summed E-state index contributed by atoms with van der Waals surface area (Å²) in [6.45, 7) is 8.64. The molecule has 0 bridgehead atoms. The lowest BCUT2D eigenvalue weighted by atomic mass is 10.1. The van der Waals surface area contributed by atoms with Crippen LogP contribution in [-0.4, -0.2) is 58.0 Å². The number of pyridine rings is 1. The molecule has 1 aliphatic heterocycles. The molecule has 1 aromatic carbocycles. The van der Waals surface area contributed by atoms with Crippen molar-refractivity contribution < 1.29 is 13.9 Å². The molecular weight excluding hydrogens is 442 g/mol. The van der Waals surface area contributed by atoms with Gasteiger partial charge in [-0.1, -0.05) is 35.3 Å². The highest BCUT2D eigenvalue weighted by molar-refractivity contribution is 6.36. The van der Waals surface area contributed by atoms with Gasteiger partial charge in [0, 0.05) is 31.2 Å². The Balaban J connectivity index is 1.79. The molecule has 0 unspecified atom stereocenters. The van der Waals surface area contributed by atoms with Gasteiger partial charge in [-0.15, -0.1) is 0 Å². The number of nitrogens with zero attached hydrogens (tertiary/aromatic N) is 3. The zero-order valence-corrected chi connectivity index (χ0v) is 19.4. The number of ether oxygens (including phenoxy) is 1. The van der Waals surface area contributed by atoms with Gasteiger partial charge in [-0.2, -0.15) is 0 Å². The summed E-state index contributed by atoms with van der Waals surface area (Å²) in [6, 6.07) is 7.55. The van der Waals surface area contributed by atoms with Gasteiger partial charge in [-0.3, -0.25) is 5.41 Å². The summed E-state index contributed by atoms with van der Waals surface area (Å²) in [4.78, 5) is 20.1. The highest BCUT2D eigenvalue weighted by Gasteiger charge is 2.32. The van der Waals surface area contributed by atoms with Gasteiger partial charge in [0.05, 0.1) is 16.3 Å². The van der Waals surface area contributed by atoms with Crippen LogP contribution in [0, 0.1) is 11.2 Å². The number of halogens is 3. The second kappa shape index (κ2) is 9.01. The van der Waals surface area contributed by atoms with E-state index in [1.165, 1.54) is 12.1 Å². The Hall–Kier alpha value is -2.38. The average molecular weight is 467 g/mol. The fourth-order valence-corrected chi connectivity index (χ4v) is 3.89. The number of nitrogens with one attached hydrogen (secondary N) is 1. The third-order valence-corrected chi connectivity index (χ3v) is 5.46. The lowest BCUT2D eigenvalue weighted by molar-refractivity contribution is 0.0133. The highest BCUT2D eigenvalue weighted by Crippen LogP contribution is 2.32. The van der Waals surface area contributed by atoms with Crippen molar-refractivity contribution in [2.45, 2.75) is 39.3 Å². The summed E-state index contributed by atoms with van der Waals surface area (Å²) in [5.74, 6) is -0.307. The summed E-state index contributed by atoms with van der Waals surface area (Å²) >= 11 is 12.8. The summed E-state index contributed by atoms with van der Waals surface area (Å²) in [6.07, 6.45) is -0.373. The SMILES string of the molecule is C[C@H]1CN(C(=O)OC(C)(C)C)CCN1C(=N)c1cc(Cl)c(-c2ccccc2F)nc1Cl. The number of rotatable bonds is 2. The molecule has 0 saturated carbocycles. The van der Waals surface area contributed by atoms with Crippen LogP contribution in [0.15, 0.2) is 30.3 Å². The van der Waals surface area contributed by atoms with E-state index in [9.17, 15) is 9.18 Å². The highest BCUT2D eigenvalue weighted by atomic mass is 35.5. The van der Waals surface area contributed by atoms with Crippen LogP contribution in [-0.2, 0) is 4.74 Å². The van der Waals surface area contributed by atoms with E-state index in [2.05, 4.69) is 4.98 Å². The molecule has 166 valence electrons. The Morgan fingerprint density at radius 2 is 1.94 bits per heavy atom. The Morgan fingerprint density at radius 3 is 2.55 bits per heavy atom. The van der Waals surface area contributed by atoms with Crippen molar-refractivity contribution in [1.29, 1.82) is 5.41 Å². The quantitative estimate of drug-likeness (QED) is 0.362. The first kappa shape index (κ1) is 23.3. The standard InChI is InChI=1S/C22H25Cl2FN4O2/c1-13-12-28(21(30)31-22(2,3)4)9-10-29(13)20(26)15-11-16(23)18(27-19(15)24)14-7-5-6-8-17(14)25/h5-8,11,13,26H,9-10,12H2,1-4H3/t13-/m0/s1. The second-order valence-corrected chi connectivity index (χ2v) is 9.22. The molecule has 0 spiro atoms. The number of hydrogen-bond donors (Lipinski definition) is 1. The van der Waals surface area contributed by atoms with E-state index < -0.39 is 11.4 Å². The van der Waals surface area contributed by atoms with Gasteiger partial charge in [0.2, 0.25) is 0 Å². The molecule has 31 heavy (non-hydrogen) atoms. The van der Waals surface area contributed by atoms with E-state index in [4.69, 9.17) is 33.3 Å². The number of piperazine rings is 1. The topological polar surface area (TPSA) is 69.5 Å². The van der Waals surface area contributed by atoms with Crippen LogP contribution in [0.5, 0.6) is 0 Å². The number of aromatic nitrogens is 1. The minimum Gasteiger partial charge on any atom is -0.444 e. The molecule has 9 heteroatoms. The molecule has 2 heterocycles. The van der Waals surface area contributed by atoms with E-state index in [1.54, 1.807) is 23.1 Å². The Morgan fingerprint density at radius 1 is 1.26 bits per heavy atom. The predicted octanol–water partition coefficient (Wildman–Crippen LogP) is 5.46. The van der Waals surface area contributed by atoms with E-state index in [0.29, 0.717) is 25.2 Å². The third kappa shape index (κ3) is 5.28. The normalized spacial score (nSPS) is 16.9. The van der Waals surface area contributed by atoms with E-state index in [1.807, 2.05) is 32.6 Å². The van der Waals surface area contributed by atoms with Crippen molar-refractivity contribution in [2.24, 2.45) is 0 Å². The first-order chi connectivity index (χ1) is 14.5. The molecule has 1 aromatic heterocycles. The molecule has 1 saturated heterocycles. The van der Waals surface area contributed by atoms with Crippen LogP contribution in [0.4, 0.5) is 9.18 Å². The Bertz CT molecular complexity index is 1010. The zero-order chi connectivity index (χ0) is 22.9. The molecule has 1 atom stereocenters. The average Bonchev–Trinajstić information content (AvgIpc) is 2.68. The monoisotopic (exact) mass is 466 g/mol. The van der Waals surface area contributed by atoms with Crippen LogP contribution in [0.3, 0.4) is 0 Å².